The highest BCUT2D eigenvalue weighted by atomic mass is 19.4. The first kappa shape index (κ1) is 21.1. The van der Waals surface area contributed by atoms with E-state index in [-0.39, 0.29) is 12.0 Å². The van der Waals surface area contributed by atoms with Gasteiger partial charge in [0.25, 0.3) is 5.91 Å². The fraction of sp³-hybridized carbons (Fsp3) is 0.130. The zero-order valence-corrected chi connectivity index (χ0v) is 15.8. The average molecular weight is 412 g/mol. The molecule has 0 heterocycles. The van der Waals surface area contributed by atoms with Gasteiger partial charge in [0.15, 0.2) is 0 Å². The smallest absolute Gasteiger partial charge is 0.368 e. The Hall–Kier alpha value is -3.61. The van der Waals surface area contributed by atoms with Crippen LogP contribution in [-0.4, -0.2) is 17.9 Å². The maximum Gasteiger partial charge on any atom is 0.416 e. The lowest BCUT2D eigenvalue weighted by molar-refractivity contribution is -0.137. The van der Waals surface area contributed by atoms with Crippen molar-refractivity contribution in [1.82, 2.24) is 5.32 Å². The third-order valence-electron chi connectivity index (χ3n) is 4.62. The molecule has 0 aromatic heterocycles. The third-order valence-corrected chi connectivity index (χ3v) is 4.62. The Labute approximate surface area is 171 Å². The normalized spacial score (nSPS) is 12.2. The first-order valence-corrected chi connectivity index (χ1v) is 9.16. The fourth-order valence-electron chi connectivity index (χ4n) is 2.97. The lowest BCUT2D eigenvalue weighted by Gasteiger charge is -2.16. The lowest BCUT2D eigenvalue weighted by atomic mass is 10.00. The number of primary amides is 1. The summed E-state index contributed by atoms with van der Waals surface area (Å²) in [6, 6.07) is 20.0. The maximum atomic E-state index is 12.7. The van der Waals surface area contributed by atoms with E-state index in [0.717, 1.165) is 41.0 Å². The number of hydrogen-bond acceptors (Lipinski definition) is 2. The van der Waals surface area contributed by atoms with Crippen molar-refractivity contribution in [3.05, 3.63) is 95.6 Å². The fourth-order valence-corrected chi connectivity index (χ4v) is 2.97. The summed E-state index contributed by atoms with van der Waals surface area (Å²) < 4.78 is 38.0. The number of nitrogens with one attached hydrogen (secondary N) is 1. The van der Waals surface area contributed by atoms with E-state index in [4.69, 9.17) is 5.73 Å². The van der Waals surface area contributed by atoms with Crippen molar-refractivity contribution in [2.24, 2.45) is 5.73 Å². The van der Waals surface area contributed by atoms with Gasteiger partial charge in [-0.05, 0) is 41.0 Å². The van der Waals surface area contributed by atoms with Gasteiger partial charge in [0.2, 0.25) is 5.91 Å². The second-order valence-corrected chi connectivity index (χ2v) is 6.77. The second-order valence-electron chi connectivity index (χ2n) is 6.77. The molecule has 154 valence electrons. The molecule has 0 aliphatic carbocycles. The Bertz CT molecular complexity index is 1020. The zero-order chi connectivity index (χ0) is 21.7. The van der Waals surface area contributed by atoms with Crippen molar-refractivity contribution < 1.29 is 22.8 Å². The standard InChI is InChI=1S/C23H19F3N2O2/c24-23(25,26)19-12-10-18(11-13-19)22(30)28-20(21(27)29)14-15-6-8-17(9-7-15)16-4-2-1-3-5-16/h1-13,20H,14H2,(H2,27,29)(H,28,30)/t20-/m0/s1. The molecular weight excluding hydrogens is 393 g/mol. The van der Waals surface area contributed by atoms with E-state index < -0.39 is 29.6 Å². The van der Waals surface area contributed by atoms with Gasteiger partial charge in [-0.3, -0.25) is 9.59 Å². The molecule has 0 aliphatic rings. The van der Waals surface area contributed by atoms with Crippen LogP contribution in [0.2, 0.25) is 0 Å². The van der Waals surface area contributed by atoms with Crippen LogP contribution in [0.3, 0.4) is 0 Å². The van der Waals surface area contributed by atoms with Crippen LogP contribution in [0.25, 0.3) is 11.1 Å². The summed E-state index contributed by atoms with van der Waals surface area (Å²) >= 11 is 0. The first-order valence-electron chi connectivity index (χ1n) is 9.16. The van der Waals surface area contributed by atoms with E-state index in [1.54, 1.807) is 0 Å². The number of carbonyl (C=O) groups is 2. The molecule has 3 aromatic carbocycles. The molecule has 30 heavy (non-hydrogen) atoms. The maximum absolute atomic E-state index is 12.7. The molecule has 1 atom stereocenters. The lowest BCUT2D eigenvalue weighted by Crippen LogP contribution is -2.45. The minimum absolute atomic E-state index is 0.00803. The number of halogens is 3. The summed E-state index contributed by atoms with van der Waals surface area (Å²) in [5.41, 5.74) is 7.40. The van der Waals surface area contributed by atoms with Gasteiger partial charge in [0.05, 0.1) is 5.56 Å². The summed E-state index contributed by atoms with van der Waals surface area (Å²) in [6.07, 6.45) is -4.33. The molecular formula is C23H19F3N2O2. The van der Waals surface area contributed by atoms with Crippen LogP contribution in [0.5, 0.6) is 0 Å². The Morgan fingerprint density at radius 1 is 0.833 bits per heavy atom. The van der Waals surface area contributed by atoms with Gasteiger partial charge >= 0.3 is 6.18 Å². The Balaban J connectivity index is 1.69. The molecule has 0 saturated heterocycles. The summed E-state index contributed by atoms with van der Waals surface area (Å²) in [5.74, 6) is -1.41. The highest BCUT2D eigenvalue weighted by Crippen LogP contribution is 2.29. The van der Waals surface area contributed by atoms with Crippen LogP contribution in [0.1, 0.15) is 21.5 Å². The summed E-state index contributed by atoms with van der Waals surface area (Å²) in [5, 5.41) is 2.49. The Morgan fingerprint density at radius 2 is 1.40 bits per heavy atom. The van der Waals surface area contributed by atoms with Crippen molar-refractivity contribution in [1.29, 1.82) is 0 Å². The number of benzene rings is 3. The highest BCUT2D eigenvalue weighted by molar-refractivity contribution is 5.97. The van der Waals surface area contributed by atoms with Gasteiger partial charge < -0.3 is 11.1 Å². The molecule has 3 rings (SSSR count). The molecule has 3 aromatic rings. The zero-order valence-electron chi connectivity index (χ0n) is 15.8. The van der Waals surface area contributed by atoms with E-state index in [0.29, 0.717) is 0 Å². The van der Waals surface area contributed by atoms with Gasteiger partial charge in [0.1, 0.15) is 6.04 Å². The van der Waals surface area contributed by atoms with Crippen LogP contribution in [0.4, 0.5) is 13.2 Å². The van der Waals surface area contributed by atoms with Crippen LogP contribution >= 0.6 is 0 Å². The molecule has 7 heteroatoms. The monoisotopic (exact) mass is 412 g/mol. The predicted octanol–water partition coefficient (Wildman–Crippen LogP) is 4.20. The average Bonchev–Trinajstić information content (AvgIpc) is 2.74. The molecule has 0 saturated carbocycles. The van der Waals surface area contributed by atoms with E-state index in [1.165, 1.54) is 0 Å². The highest BCUT2D eigenvalue weighted by Gasteiger charge is 2.30. The van der Waals surface area contributed by atoms with E-state index in [2.05, 4.69) is 5.32 Å². The largest absolute Gasteiger partial charge is 0.416 e. The van der Waals surface area contributed by atoms with Crippen LogP contribution < -0.4 is 11.1 Å². The number of rotatable bonds is 6. The summed E-state index contributed by atoms with van der Waals surface area (Å²) in [7, 11) is 0. The van der Waals surface area contributed by atoms with Crippen molar-refractivity contribution in [2.75, 3.05) is 0 Å². The molecule has 4 nitrogen and oxygen atoms in total. The van der Waals surface area contributed by atoms with Crippen LogP contribution in [0, 0.1) is 0 Å². The second kappa shape index (κ2) is 8.82. The van der Waals surface area contributed by atoms with Crippen molar-refractivity contribution in [3.8, 4) is 11.1 Å². The van der Waals surface area contributed by atoms with E-state index in [9.17, 15) is 22.8 Å². The molecule has 0 aliphatic heterocycles. The number of carbonyl (C=O) groups excluding carboxylic acids is 2. The quantitative estimate of drug-likeness (QED) is 0.637. The van der Waals surface area contributed by atoms with Crippen molar-refractivity contribution in [3.63, 3.8) is 0 Å². The third kappa shape index (κ3) is 5.26. The summed E-state index contributed by atoms with van der Waals surface area (Å²) in [4.78, 5) is 24.2. The molecule has 3 N–H and O–H groups in total. The number of amides is 2. The topological polar surface area (TPSA) is 72.2 Å². The molecule has 0 unspecified atom stereocenters. The Morgan fingerprint density at radius 3 is 1.93 bits per heavy atom. The molecule has 2 amide bonds. The van der Waals surface area contributed by atoms with Crippen molar-refractivity contribution in [2.45, 2.75) is 18.6 Å². The van der Waals surface area contributed by atoms with Crippen LogP contribution in [-0.2, 0) is 17.4 Å². The van der Waals surface area contributed by atoms with Gasteiger partial charge in [-0.2, -0.15) is 13.2 Å². The number of nitrogens with two attached hydrogens (primary N) is 1. The molecule has 0 radical (unpaired) electrons. The van der Waals surface area contributed by atoms with E-state index >= 15 is 0 Å². The van der Waals surface area contributed by atoms with Crippen LogP contribution in [0.15, 0.2) is 78.9 Å². The molecule has 0 fully saturated rings. The molecule has 0 bridgehead atoms. The van der Waals surface area contributed by atoms with Gasteiger partial charge in [-0.15, -0.1) is 0 Å². The minimum atomic E-state index is -4.49. The first-order chi connectivity index (χ1) is 14.2. The predicted molar refractivity (Wildman–Crippen MR) is 107 cm³/mol. The van der Waals surface area contributed by atoms with Crippen molar-refractivity contribution >= 4 is 11.8 Å². The molecule has 0 spiro atoms. The summed E-state index contributed by atoms with van der Waals surface area (Å²) in [6.45, 7) is 0. The van der Waals surface area contributed by atoms with E-state index in [1.807, 2.05) is 54.6 Å². The number of alkyl halides is 3. The van der Waals surface area contributed by atoms with Gasteiger partial charge in [0, 0.05) is 12.0 Å². The van der Waals surface area contributed by atoms with Gasteiger partial charge in [-0.1, -0.05) is 54.6 Å². The number of hydrogen-bond donors (Lipinski definition) is 2. The minimum Gasteiger partial charge on any atom is -0.368 e. The van der Waals surface area contributed by atoms with Gasteiger partial charge in [-0.25, -0.2) is 0 Å². The Kier molecular flexibility index (Phi) is 6.20. The SMILES string of the molecule is NC(=O)[C@H](Cc1ccc(-c2ccccc2)cc1)NC(=O)c1ccc(C(F)(F)F)cc1.